The first kappa shape index (κ1) is 18.9. The van der Waals surface area contributed by atoms with Crippen LogP contribution in [0.3, 0.4) is 0 Å². The van der Waals surface area contributed by atoms with Crippen molar-refractivity contribution in [3.8, 4) is 11.5 Å². The molecule has 0 aliphatic rings. The molecule has 0 atom stereocenters. The lowest BCUT2D eigenvalue weighted by Crippen LogP contribution is -2.22. The van der Waals surface area contributed by atoms with Crippen LogP contribution < -0.4 is 20.5 Å². The van der Waals surface area contributed by atoms with Crippen molar-refractivity contribution in [3.63, 3.8) is 0 Å². The van der Waals surface area contributed by atoms with Crippen molar-refractivity contribution in [2.75, 3.05) is 19.0 Å². The third-order valence-electron chi connectivity index (χ3n) is 3.53. The number of aryl methyl sites for hydroxylation is 1. The van der Waals surface area contributed by atoms with Crippen LogP contribution in [0, 0.1) is 6.92 Å². The smallest absolute Gasteiger partial charge is 0.193 e. The highest BCUT2D eigenvalue weighted by Crippen LogP contribution is 2.27. The van der Waals surface area contributed by atoms with Crippen molar-refractivity contribution < 1.29 is 9.47 Å². The Labute approximate surface area is 153 Å². The molecule has 0 spiro atoms. The van der Waals surface area contributed by atoms with Gasteiger partial charge in [0, 0.05) is 11.3 Å². The van der Waals surface area contributed by atoms with Gasteiger partial charge >= 0.3 is 0 Å². The molecule has 6 heteroatoms. The van der Waals surface area contributed by atoms with Gasteiger partial charge in [-0.2, -0.15) is 0 Å². The maximum absolute atomic E-state index is 6.11. The first-order valence-electron chi connectivity index (χ1n) is 8.16. The molecule has 0 fully saturated rings. The fourth-order valence-corrected chi connectivity index (χ4v) is 2.50. The van der Waals surface area contributed by atoms with E-state index in [0.717, 1.165) is 29.0 Å². The number of ether oxygens (including phenoxy) is 2. The summed E-state index contributed by atoms with van der Waals surface area (Å²) in [6, 6.07) is 11.4. The SMILES string of the molecule is CCCOc1cc(C)ccc1CN=C(N)Nc1ccc(OC)c(Cl)c1. The molecular weight excluding hydrogens is 338 g/mol. The molecule has 0 aromatic heterocycles. The number of halogens is 1. The van der Waals surface area contributed by atoms with Crippen LogP contribution in [0.25, 0.3) is 0 Å². The van der Waals surface area contributed by atoms with E-state index in [9.17, 15) is 0 Å². The highest BCUT2D eigenvalue weighted by Gasteiger charge is 2.05. The summed E-state index contributed by atoms with van der Waals surface area (Å²) < 4.78 is 10.9. The number of aliphatic imine (C=N–C) groups is 1. The van der Waals surface area contributed by atoms with Crippen LogP contribution in [0.1, 0.15) is 24.5 Å². The lowest BCUT2D eigenvalue weighted by molar-refractivity contribution is 0.314. The minimum Gasteiger partial charge on any atom is -0.495 e. The summed E-state index contributed by atoms with van der Waals surface area (Å²) in [5, 5.41) is 3.53. The summed E-state index contributed by atoms with van der Waals surface area (Å²) in [6.45, 7) is 5.23. The predicted molar refractivity (Wildman–Crippen MR) is 104 cm³/mol. The van der Waals surface area contributed by atoms with Crippen molar-refractivity contribution in [1.29, 1.82) is 0 Å². The molecule has 0 aliphatic carbocycles. The molecule has 25 heavy (non-hydrogen) atoms. The summed E-state index contributed by atoms with van der Waals surface area (Å²) in [6.07, 6.45) is 0.957. The molecule has 0 bridgehead atoms. The Morgan fingerprint density at radius 2 is 2.00 bits per heavy atom. The minimum absolute atomic E-state index is 0.309. The summed E-state index contributed by atoms with van der Waals surface area (Å²) in [7, 11) is 1.57. The number of nitrogens with one attached hydrogen (secondary N) is 1. The zero-order chi connectivity index (χ0) is 18.2. The van der Waals surface area contributed by atoms with Crippen LogP contribution in [0.5, 0.6) is 11.5 Å². The Hall–Kier alpha value is -2.40. The number of methoxy groups -OCH3 is 1. The van der Waals surface area contributed by atoms with Crippen molar-refractivity contribution in [1.82, 2.24) is 0 Å². The summed E-state index contributed by atoms with van der Waals surface area (Å²) in [5.41, 5.74) is 8.87. The lowest BCUT2D eigenvalue weighted by Gasteiger charge is -2.11. The molecule has 0 aliphatic heterocycles. The number of guanidine groups is 1. The Morgan fingerprint density at radius 1 is 1.20 bits per heavy atom. The van der Waals surface area contributed by atoms with E-state index >= 15 is 0 Å². The van der Waals surface area contributed by atoms with Gasteiger partial charge in [-0.15, -0.1) is 0 Å². The topological polar surface area (TPSA) is 68.9 Å². The second-order valence-electron chi connectivity index (χ2n) is 5.64. The lowest BCUT2D eigenvalue weighted by atomic mass is 10.1. The molecule has 0 unspecified atom stereocenters. The second-order valence-corrected chi connectivity index (χ2v) is 6.04. The van der Waals surface area contributed by atoms with Crippen molar-refractivity contribution in [2.45, 2.75) is 26.8 Å². The Bertz CT molecular complexity index is 747. The number of rotatable bonds is 7. The largest absolute Gasteiger partial charge is 0.495 e. The van der Waals surface area contributed by atoms with Gasteiger partial charge in [0.1, 0.15) is 11.5 Å². The summed E-state index contributed by atoms with van der Waals surface area (Å²) in [5.74, 6) is 1.77. The maximum atomic E-state index is 6.11. The van der Waals surface area contributed by atoms with Gasteiger partial charge in [-0.05, 0) is 43.2 Å². The summed E-state index contributed by atoms with van der Waals surface area (Å²) in [4.78, 5) is 4.39. The Balaban J connectivity index is 2.07. The van der Waals surface area contributed by atoms with Crippen LogP contribution in [-0.4, -0.2) is 19.7 Å². The van der Waals surface area contributed by atoms with Crippen molar-refractivity contribution in [3.05, 3.63) is 52.5 Å². The molecule has 134 valence electrons. The Kier molecular flexibility index (Phi) is 6.95. The molecule has 0 amide bonds. The molecular formula is C19H24ClN3O2. The van der Waals surface area contributed by atoms with E-state index in [2.05, 4.69) is 17.2 Å². The number of nitrogens with two attached hydrogens (primary N) is 1. The van der Waals surface area contributed by atoms with Gasteiger partial charge < -0.3 is 20.5 Å². The molecule has 2 rings (SSSR count). The van der Waals surface area contributed by atoms with E-state index in [4.69, 9.17) is 26.8 Å². The zero-order valence-electron chi connectivity index (χ0n) is 14.8. The fourth-order valence-electron chi connectivity index (χ4n) is 2.24. The molecule has 0 radical (unpaired) electrons. The van der Waals surface area contributed by atoms with Crippen molar-refractivity contribution in [2.24, 2.45) is 10.7 Å². The van der Waals surface area contributed by atoms with Crippen LogP contribution in [0.15, 0.2) is 41.4 Å². The van der Waals surface area contributed by atoms with Gasteiger partial charge in [0.15, 0.2) is 5.96 Å². The van der Waals surface area contributed by atoms with E-state index in [1.54, 1.807) is 19.2 Å². The van der Waals surface area contributed by atoms with Crippen LogP contribution in [-0.2, 0) is 6.54 Å². The minimum atomic E-state index is 0.309. The number of benzene rings is 2. The van der Waals surface area contributed by atoms with Gasteiger partial charge in [0.05, 0.1) is 25.3 Å². The maximum Gasteiger partial charge on any atom is 0.193 e. The predicted octanol–water partition coefficient (Wildman–Crippen LogP) is 4.37. The quantitative estimate of drug-likeness (QED) is 0.567. The highest BCUT2D eigenvalue weighted by atomic mass is 35.5. The van der Waals surface area contributed by atoms with Crippen molar-refractivity contribution >= 4 is 23.2 Å². The normalized spacial score (nSPS) is 11.3. The third-order valence-corrected chi connectivity index (χ3v) is 3.82. The van der Waals surface area contributed by atoms with E-state index in [0.29, 0.717) is 29.9 Å². The first-order chi connectivity index (χ1) is 12.0. The molecule has 3 N–H and O–H groups in total. The molecule has 2 aromatic rings. The average molecular weight is 362 g/mol. The standard InChI is InChI=1S/C19H24ClN3O2/c1-4-9-25-18-10-13(2)5-6-14(18)12-22-19(21)23-15-7-8-17(24-3)16(20)11-15/h5-8,10-11H,4,9,12H2,1-3H3,(H3,21,22,23). The molecule has 0 saturated heterocycles. The van der Waals surface area contributed by atoms with Gasteiger partial charge in [0.25, 0.3) is 0 Å². The summed E-state index contributed by atoms with van der Waals surface area (Å²) >= 11 is 6.11. The van der Waals surface area contributed by atoms with E-state index in [1.165, 1.54) is 0 Å². The number of hydrogen-bond donors (Lipinski definition) is 2. The third kappa shape index (κ3) is 5.57. The zero-order valence-corrected chi connectivity index (χ0v) is 15.6. The molecule has 5 nitrogen and oxygen atoms in total. The monoisotopic (exact) mass is 361 g/mol. The molecule has 2 aromatic carbocycles. The number of hydrogen-bond acceptors (Lipinski definition) is 3. The Morgan fingerprint density at radius 3 is 2.68 bits per heavy atom. The average Bonchev–Trinajstić information content (AvgIpc) is 2.59. The highest BCUT2D eigenvalue weighted by molar-refractivity contribution is 6.32. The molecule has 0 saturated carbocycles. The van der Waals surface area contributed by atoms with Crippen LogP contribution >= 0.6 is 11.6 Å². The number of anilines is 1. The van der Waals surface area contributed by atoms with Gasteiger partial charge in [-0.3, -0.25) is 0 Å². The van der Waals surface area contributed by atoms with Crippen LogP contribution in [0.4, 0.5) is 5.69 Å². The van der Waals surface area contributed by atoms with Gasteiger partial charge in [0.2, 0.25) is 0 Å². The first-order valence-corrected chi connectivity index (χ1v) is 8.54. The van der Waals surface area contributed by atoms with Gasteiger partial charge in [-0.1, -0.05) is 30.7 Å². The van der Waals surface area contributed by atoms with E-state index in [-0.39, 0.29) is 0 Å². The number of nitrogens with zero attached hydrogens (tertiary/aromatic N) is 1. The van der Waals surface area contributed by atoms with E-state index < -0.39 is 0 Å². The van der Waals surface area contributed by atoms with Gasteiger partial charge in [-0.25, -0.2) is 4.99 Å². The van der Waals surface area contributed by atoms with Crippen LogP contribution in [0.2, 0.25) is 5.02 Å². The molecule has 0 heterocycles. The fraction of sp³-hybridized carbons (Fsp3) is 0.316. The second kappa shape index (κ2) is 9.18. The van der Waals surface area contributed by atoms with E-state index in [1.807, 2.05) is 31.2 Å².